The molecule has 2 heterocycles. The third-order valence-corrected chi connectivity index (χ3v) is 6.20. The Hall–Kier alpha value is -2.86. The molecule has 0 N–H and O–H groups in total. The normalized spacial score (nSPS) is 13.8. The van der Waals surface area contributed by atoms with Gasteiger partial charge in [0.25, 0.3) is 0 Å². The van der Waals surface area contributed by atoms with E-state index in [2.05, 4.69) is 4.90 Å². The number of anilines is 2. The van der Waals surface area contributed by atoms with E-state index in [1.54, 1.807) is 42.5 Å². The molecule has 0 aliphatic carbocycles. The Morgan fingerprint density at radius 2 is 1.69 bits per heavy atom. The monoisotopic (exact) mass is 367 g/mol. The number of fused-ring (bicyclic) bond motifs is 1. The zero-order chi connectivity index (χ0) is 18.1. The molecule has 132 valence electrons. The summed E-state index contributed by atoms with van der Waals surface area (Å²) in [4.78, 5) is 2.66. The molecule has 26 heavy (non-hydrogen) atoms. The molecule has 0 atom stereocenters. The maximum absolute atomic E-state index is 12.8. The highest BCUT2D eigenvalue weighted by molar-refractivity contribution is 7.91. The van der Waals surface area contributed by atoms with Gasteiger partial charge in [-0.15, -0.1) is 0 Å². The van der Waals surface area contributed by atoms with Gasteiger partial charge in [-0.2, -0.15) is 0 Å². The minimum atomic E-state index is -3.56. The van der Waals surface area contributed by atoms with E-state index in [4.69, 9.17) is 4.74 Å². The van der Waals surface area contributed by atoms with Crippen LogP contribution in [0.2, 0.25) is 0 Å². The highest BCUT2D eigenvalue weighted by atomic mass is 32.2. The Bertz CT molecular complexity index is 1030. The number of sulfone groups is 1. The van der Waals surface area contributed by atoms with Crippen molar-refractivity contribution < 1.29 is 17.7 Å². The first-order chi connectivity index (χ1) is 12.6. The van der Waals surface area contributed by atoms with E-state index in [0.717, 1.165) is 11.4 Å². The van der Waals surface area contributed by atoms with E-state index in [-0.39, 0.29) is 9.79 Å². The summed E-state index contributed by atoms with van der Waals surface area (Å²) in [6.07, 6.45) is 3.97. The number of aromatic nitrogens is 1. The molecule has 3 aromatic rings. The maximum Gasteiger partial charge on any atom is 0.206 e. The number of benzene rings is 2. The molecule has 0 bridgehead atoms. The van der Waals surface area contributed by atoms with Crippen LogP contribution in [0.4, 0.5) is 11.4 Å². The van der Waals surface area contributed by atoms with E-state index in [0.29, 0.717) is 18.9 Å². The van der Waals surface area contributed by atoms with Crippen LogP contribution in [-0.2, 0) is 16.9 Å². The SMILES string of the molecule is C[n+]1ccc(N2CCOc3cc(S(=O)(=O)c4ccccc4)ccc32)cc1. The Morgan fingerprint density at radius 1 is 0.962 bits per heavy atom. The van der Waals surface area contributed by atoms with Crippen LogP contribution in [-0.4, -0.2) is 21.6 Å². The third kappa shape index (κ3) is 2.93. The zero-order valence-corrected chi connectivity index (χ0v) is 15.2. The Kier molecular flexibility index (Phi) is 4.12. The lowest BCUT2D eigenvalue weighted by Gasteiger charge is -2.31. The maximum atomic E-state index is 12.8. The number of ether oxygens (including phenoxy) is 1. The second-order valence-electron chi connectivity index (χ2n) is 6.17. The zero-order valence-electron chi connectivity index (χ0n) is 14.4. The molecule has 0 radical (unpaired) electrons. The van der Waals surface area contributed by atoms with Crippen LogP contribution >= 0.6 is 0 Å². The van der Waals surface area contributed by atoms with Gasteiger partial charge in [0.1, 0.15) is 19.4 Å². The lowest BCUT2D eigenvalue weighted by atomic mass is 10.2. The molecule has 5 nitrogen and oxygen atoms in total. The second kappa shape index (κ2) is 6.46. The Balaban J connectivity index is 1.74. The van der Waals surface area contributed by atoms with Crippen molar-refractivity contribution in [1.29, 1.82) is 0 Å². The van der Waals surface area contributed by atoms with Crippen molar-refractivity contribution in [2.45, 2.75) is 9.79 Å². The number of hydrogen-bond donors (Lipinski definition) is 0. The molecule has 4 rings (SSSR count). The van der Waals surface area contributed by atoms with Crippen molar-refractivity contribution in [1.82, 2.24) is 0 Å². The van der Waals surface area contributed by atoms with Crippen LogP contribution in [0.15, 0.2) is 82.8 Å². The van der Waals surface area contributed by atoms with E-state index in [9.17, 15) is 8.42 Å². The molecule has 0 amide bonds. The summed E-state index contributed by atoms with van der Waals surface area (Å²) in [7, 11) is -1.59. The average Bonchev–Trinajstić information content (AvgIpc) is 2.68. The third-order valence-electron chi connectivity index (χ3n) is 4.43. The molecular weight excluding hydrogens is 348 g/mol. The van der Waals surface area contributed by atoms with E-state index in [1.807, 2.05) is 42.2 Å². The molecule has 0 unspecified atom stereocenters. The van der Waals surface area contributed by atoms with Crippen molar-refractivity contribution in [3.63, 3.8) is 0 Å². The fourth-order valence-corrected chi connectivity index (χ4v) is 4.34. The van der Waals surface area contributed by atoms with Gasteiger partial charge in [-0.3, -0.25) is 0 Å². The molecule has 0 spiro atoms. The molecule has 0 saturated heterocycles. The van der Waals surface area contributed by atoms with Gasteiger partial charge in [-0.1, -0.05) is 18.2 Å². The number of aryl methyl sites for hydroxylation is 1. The number of pyridine rings is 1. The highest BCUT2D eigenvalue weighted by Crippen LogP contribution is 2.38. The number of hydrogen-bond acceptors (Lipinski definition) is 4. The van der Waals surface area contributed by atoms with Crippen molar-refractivity contribution in [3.8, 4) is 5.75 Å². The molecule has 1 aromatic heterocycles. The number of nitrogens with zero attached hydrogens (tertiary/aromatic N) is 2. The summed E-state index contributed by atoms with van der Waals surface area (Å²) in [5.74, 6) is 0.585. The second-order valence-corrected chi connectivity index (χ2v) is 8.12. The Morgan fingerprint density at radius 3 is 2.42 bits per heavy atom. The fourth-order valence-electron chi connectivity index (χ4n) is 3.04. The van der Waals surface area contributed by atoms with Crippen LogP contribution in [0, 0.1) is 0 Å². The summed E-state index contributed by atoms with van der Waals surface area (Å²) in [6, 6.07) is 17.6. The van der Waals surface area contributed by atoms with Crippen molar-refractivity contribution >= 4 is 21.2 Å². The summed E-state index contributed by atoms with van der Waals surface area (Å²) < 4.78 is 33.4. The summed E-state index contributed by atoms with van der Waals surface area (Å²) >= 11 is 0. The van der Waals surface area contributed by atoms with Crippen molar-refractivity contribution in [2.24, 2.45) is 7.05 Å². The van der Waals surface area contributed by atoms with Crippen molar-refractivity contribution in [3.05, 3.63) is 73.1 Å². The predicted octanol–water partition coefficient (Wildman–Crippen LogP) is 2.87. The van der Waals surface area contributed by atoms with E-state index >= 15 is 0 Å². The van der Waals surface area contributed by atoms with Gasteiger partial charge in [0, 0.05) is 18.2 Å². The average molecular weight is 367 g/mol. The first-order valence-corrected chi connectivity index (χ1v) is 9.84. The first kappa shape index (κ1) is 16.6. The molecule has 1 aliphatic heterocycles. The van der Waals surface area contributed by atoms with Gasteiger partial charge in [-0.05, 0) is 24.3 Å². The van der Waals surface area contributed by atoms with Crippen LogP contribution < -0.4 is 14.2 Å². The van der Waals surface area contributed by atoms with Gasteiger partial charge in [0.2, 0.25) is 9.84 Å². The van der Waals surface area contributed by atoms with E-state index < -0.39 is 9.84 Å². The standard InChI is InChI=1S/C20H19N2O3S/c1-21-11-9-16(10-12-21)22-13-14-25-20-15-18(7-8-19(20)22)26(23,24)17-5-3-2-4-6-17/h2-12,15H,13-14H2,1H3/q+1. The summed E-state index contributed by atoms with van der Waals surface area (Å²) in [6.45, 7) is 1.22. The molecular formula is C20H19N2O3S+. The lowest BCUT2D eigenvalue weighted by Crippen LogP contribution is -2.31. The van der Waals surface area contributed by atoms with Gasteiger partial charge >= 0.3 is 0 Å². The van der Waals surface area contributed by atoms with E-state index in [1.165, 1.54) is 0 Å². The topological polar surface area (TPSA) is 50.5 Å². The fraction of sp³-hybridized carbons (Fsp3) is 0.150. The predicted molar refractivity (Wildman–Crippen MR) is 98.5 cm³/mol. The van der Waals surface area contributed by atoms with Crippen LogP contribution in [0.5, 0.6) is 5.75 Å². The minimum Gasteiger partial charge on any atom is -0.489 e. The lowest BCUT2D eigenvalue weighted by molar-refractivity contribution is -0.671. The van der Waals surface area contributed by atoms with Gasteiger partial charge in [0.15, 0.2) is 12.4 Å². The largest absolute Gasteiger partial charge is 0.489 e. The molecule has 0 fully saturated rings. The molecule has 0 saturated carbocycles. The van der Waals surface area contributed by atoms with Crippen molar-refractivity contribution in [2.75, 3.05) is 18.1 Å². The minimum absolute atomic E-state index is 0.240. The smallest absolute Gasteiger partial charge is 0.206 e. The molecule has 6 heteroatoms. The summed E-state index contributed by atoms with van der Waals surface area (Å²) in [5.41, 5.74) is 1.92. The number of rotatable bonds is 3. The quantitative estimate of drug-likeness (QED) is 0.668. The van der Waals surface area contributed by atoms with Gasteiger partial charge in [0.05, 0.1) is 27.7 Å². The Labute approximate surface area is 153 Å². The molecule has 1 aliphatic rings. The van der Waals surface area contributed by atoms with Crippen LogP contribution in [0.3, 0.4) is 0 Å². The molecule has 2 aromatic carbocycles. The summed E-state index contributed by atoms with van der Waals surface area (Å²) in [5, 5.41) is 0. The highest BCUT2D eigenvalue weighted by Gasteiger charge is 2.24. The first-order valence-electron chi connectivity index (χ1n) is 8.35. The van der Waals surface area contributed by atoms with Gasteiger partial charge in [-0.25, -0.2) is 13.0 Å². The van der Waals surface area contributed by atoms with Gasteiger partial charge < -0.3 is 9.64 Å². The van der Waals surface area contributed by atoms with Crippen LogP contribution in [0.1, 0.15) is 0 Å². The van der Waals surface area contributed by atoms with Crippen LogP contribution in [0.25, 0.3) is 0 Å².